The topological polar surface area (TPSA) is 39.2 Å². The molecule has 0 saturated carbocycles. The summed E-state index contributed by atoms with van der Waals surface area (Å²) in [4.78, 5) is 15.0. The summed E-state index contributed by atoms with van der Waals surface area (Å²) >= 11 is 0. The third-order valence-corrected chi connectivity index (χ3v) is 2.79. The zero-order chi connectivity index (χ0) is 14.8. The van der Waals surface area contributed by atoms with E-state index in [1.165, 1.54) is 31.6 Å². The average molecular weight is 281 g/mol. The quantitative estimate of drug-likeness (QED) is 0.807. The van der Waals surface area contributed by atoms with Crippen molar-refractivity contribution in [2.75, 3.05) is 7.11 Å². The van der Waals surface area contributed by atoms with Crippen LogP contribution in [0.1, 0.15) is 15.9 Å². The van der Waals surface area contributed by atoms with E-state index in [0.29, 0.717) is 11.8 Å². The van der Waals surface area contributed by atoms with Gasteiger partial charge in [-0.25, -0.2) is 0 Å². The van der Waals surface area contributed by atoms with Gasteiger partial charge in [0, 0.05) is 11.8 Å². The van der Waals surface area contributed by atoms with E-state index in [9.17, 15) is 18.0 Å². The second-order valence-electron chi connectivity index (χ2n) is 4.00. The number of nitrogens with zero attached hydrogens (tertiary/aromatic N) is 1. The fourth-order valence-corrected chi connectivity index (χ4v) is 1.83. The Balaban J connectivity index is 2.60. The van der Waals surface area contributed by atoms with Crippen LogP contribution in [0.5, 0.6) is 5.75 Å². The van der Waals surface area contributed by atoms with E-state index < -0.39 is 11.7 Å². The standard InChI is InChI=1S/C14H10F3NO2/c1-20-13-7-18-6-11(12(13)8-19)9-3-2-4-10(5-9)14(15,16)17/h2-8H,1H3. The van der Waals surface area contributed by atoms with Crippen molar-refractivity contribution in [3.63, 3.8) is 0 Å². The van der Waals surface area contributed by atoms with Crippen LogP contribution < -0.4 is 4.74 Å². The summed E-state index contributed by atoms with van der Waals surface area (Å²) in [5, 5.41) is 0. The number of ether oxygens (including phenoxy) is 1. The lowest BCUT2D eigenvalue weighted by atomic mass is 10.00. The molecule has 6 heteroatoms. The first-order valence-corrected chi connectivity index (χ1v) is 5.62. The highest BCUT2D eigenvalue weighted by molar-refractivity contribution is 5.90. The van der Waals surface area contributed by atoms with E-state index >= 15 is 0 Å². The molecule has 0 atom stereocenters. The van der Waals surface area contributed by atoms with Crippen molar-refractivity contribution in [2.24, 2.45) is 0 Å². The third-order valence-electron chi connectivity index (χ3n) is 2.79. The minimum Gasteiger partial charge on any atom is -0.494 e. The number of aldehydes is 1. The molecule has 0 amide bonds. The van der Waals surface area contributed by atoms with E-state index in [1.54, 1.807) is 0 Å². The van der Waals surface area contributed by atoms with Crippen LogP contribution in [0.3, 0.4) is 0 Å². The number of halogens is 3. The zero-order valence-electron chi connectivity index (χ0n) is 10.4. The average Bonchev–Trinajstić information content (AvgIpc) is 2.45. The van der Waals surface area contributed by atoms with Gasteiger partial charge >= 0.3 is 6.18 Å². The van der Waals surface area contributed by atoms with E-state index in [-0.39, 0.29) is 16.9 Å². The molecule has 1 heterocycles. The number of aromatic nitrogens is 1. The number of carbonyl (C=O) groups excluding carboxylic acids is 1. The number of hydrogen-bond acceptors (Lipinski definition) is 3. The van der Waals surface area contributed by atoms with Crippen LogP contribution in [-0.4, -0.2) is 18.4 Å². The Bertz CT molecular complexity index is 639. The Morgan fingerprint density at radius 1 is 1.25 bits per heavy atom. The van der Waals surface area contributed by atoms with Gasteiger partial charge in [0.25, 0.3) is 0 Å². The molecule has 1 aromatic carbocycles. The smallest absolute Gasteiger partial charge is 0.416 e. The lowest BCUT2D eigenvalue weighted by Crippen LogP contribution is -2.05. The normalized spacial score (nSPS) is 11.2. The summed E-state index contributed by atoms with van der Waals surface area (Å²) in [5.41, 5.74) is -0.0599. The molecule has 0 N–H and O–H groups in total. The Morgan fingerprint density at radius 3 is 2.60 bits per heavy atom. The van der Waals surface area contributed by atoms with Crippen LogP contribution in [0.15, 0.2) is 36.7 Å². The van der Waals surface area contributed by atoms with Gasteiger partial charge in [0.15, 0.2) is 6.29 Å². The molecule has 20 heavy (non-hydrogen) atoms. The number of methoxy groups -OCH3 is 1. The molecule has 0 fully saturated rings. The van der Waals surface area contributed by atoms with E-state index in [0.717, 1.165) is 12.1 Å². The van der Waals surface area contributed by atoms with Crippen molar-refractivity contribution in [1.82, 2.24) is 4.98 Å². The number of hydrogen-bond donors (Lipinski definition) is 0. The highest BCUT2D eigenvalue weighted by Crippen LogP contribution is 2.34. The van der Waals surface area contributed by atoms with E-state index in [2.05, 4.69) is 4.98 Å². The summed E-state index contributed by atoms with van der Waals surface area (Å²) in [5.74, 6) is 0.218. The first-order chi connectivity index (χ1) is 9.47. The van der Waals surface area contributed by atoms with Crippen molar-refractivity contribution in [3.05, 3.63) is 47.8 Å². The minimum atomic E-state index is -4.44. The van der Waals surface area contributed by atoms with Gasteiger partial charge in [0.2, 0.25) is 0 Å². The highest BCUT2D eigenvalue weighted by atomic mass is 19.4. The summed E-state index contributed by atoms with van der Waals surface area (Å²) in [6.45, 7) is 0. The maximum absolute atomic E-state index is 12.7. The van der Waals surface area contributed by atoms with Crippen LogP contribution >= 0.6 is 0 Å². The minimum absolute atomic E-state index is 0.168. The SMILES string of the molecule is COc1cncc(-c2cccc(C(F)(F)F)c2)c1C=O. The van der Waals surface area contributed by atoms with Gasteiger partial charge in [-0.15, -0.1) is 0 Å². The molecule has 2 aromatic rings. The van der Waals surface area contributed by atoms with Crippen LogP contribution in [0, 0.1) is 0 Å². The number of carbonyl (C=O) groups is 1. The largest absolute Gasteiger partial charge is 0.494 e. The van der Waals surface area contributed by atoms with Gasteiger partial charge in [-0.2, -0.15) is 13.2 Å². The Hall–Kier alpha value is -2.37. The Kier molecular flexibility index (Phi) is 3.74. The number of alkyl halides is 3. The maximum Gasteiger partial charge on any atom is 0.416 e. The summed E-state index contributed by atoms with van der Waals surface area (Å²) in [7, 11) is 1.36. The van der Waals surface area contributed by atoms with Crippen LogP contribution in [0.25, 0.3) is 11.1 Å². The van der Waals surface area contributed by atoms with Crippen LogP contribution in [-0.2, 0) is 6.18 Å². The first-order valence-electron chi connectivity index (χ1n) is 5.62. The fourth-order valence-electron chi connectivity index (χ4n) is 1.83. The fraction of sp³-hybridized carbons (Fsp3) is 0.143. The molecule has 3 nitrogen and oxygen atoms in total. The zero-order valence-corrected chi connectivity index (χ0v) is 10.4. The number of rotatable bonds is 3. The molecule has 0 aliphatic carbocycles. The molecule has 2 rings (SSSR count). The highest BCUT2D eigenvalue weighted by Gasteiger charge is 2.30. The van der Waals surface area contributed by atoms with Gasteiger partial charge in [-0.1, -0.05) is 12.1 Å². The first kappa shape index (κ1) is 14.0. The van der Waals surface area contributed by atoms with E-state index in [1.807, 2.05) is 0 Å². The maximum atomic E-state index is 12.7. The third kappa shape index (κ3) is 2.64. The van der Waals surface area contributed by atoms with Gasteiger partial charge in [0.1, 0.15) is 5.75 Å². The lowest BCUT2D eigenvalue weighted by Gasteiger charge is -2.11. The van der Waals surface area contributed by atoms with Gasteiger partial charge < -0.3 is 4.74 Å². The lowest BCUT2D eigenvalue weighted by molar-refractivity contribution is -0.137. The molecule has 0 aliphatic rings. The second kappa shape index (κ2) is 5.32. The second-order valence-corrected chi connectivity index (χ2v) is 4.00. The number of pyridine rings is 1. The van der Waals surface area contributed by atoms with Crippen molar-refractivity contribution < 1.29 is 22.7 Å². The van der Waals surface area contributed by atoms with Crippen molar-refractivity contribution in [3.8, 4) is 16.9 Å². The molecule has 0 saturated heterocycles. The number of benzene rings is 1. The molecule has 104 valence electrons. The summed E-state index contributed by atoms with van der Waals surface area (Å²) in [6, 6.07) is 4.71. The molecule has 0 bridgehead atoms. The molecular formula is C14H10F3NO2. The van der Waals surface area contributed by atoms with Gasteiger partial charge in [-0.05, 0) is 17.7 Å². The van der Waals surface area contributed by atoms with E-state index in [4.69, 9.17) is 4.74 Å². The van der Waals surface area contributed by atoms with Crippen LogP contribution in [0.2, 0.25) is 0 Å². The Labute approximate surface area is 113 Å². The summed E-state index contributed by atoms with van der Waals surface area (Å²) in [6.07, 6.45) is -1.23. The Morgan fingerprint density at radius 2 is 2.00 bits per heavy atom. The molecule has 0 radical (unpaired) electrons. The monoisotopic (exact) mass is 281 g/mol. The molecule has 0 aliphatic heterocycles. The van der Waals surface area contributed by atoms with Crippen molar-refractivity contribution in [1.29, 1.82) is 0 Å². The molecule has 1 aromatic heterocycles. The van der Waals surface area contributed by atoms with Crippen molar-refractivity contribution in [2.45, 2.75) is 6.18 Å². The molecular weight excluding hydrogens is 271 g/mol. The summed E-state index contributed by atoms with van der Waals surface area (Å²) < 4.78 is 43.1. The predicted octanol–water partition coefficient (Wildman–Crippen LogP) is 3.59. The molecule has 0 unspecified atom stereocenters. The predicted molar refractivity (Wildman–Crippen MR) is 66.6 cm³/mol. The van der Waals surface area contributed by atoms with Gasteiger partial charge in [-0.3, -0.25) is 9.78 Å². The van der Waals surface area contributed by atoms with Crippen molar-refractivity contribution >= 4 is 6.29 Å². The van der Waals surface area contributed by atoms with Gasteiger partial charge in [0.05, 0.1) is 24.4 Å². The molecule has 0 spiro atoms. The van der Waals surface area contributed by atoms with Crippen LogP contribution in [0.4, 0.5) is 13.2 Å².